The first-order chi connectivity index (χ1) is 10.1. The van der Waals surface area contributed by atoms with Gasteiger partial charge in [0.2, 0.25) is 0 Å². The smallest absolute Gasteiger partial charge is 0.261 e. The number of hydrogen-bond donors (Lipinski definition) is 2. The molecule has 21 heavy (non-hydrogen) atoms. The first kappa shape index (κ1) is 14.6. The minimum Gasteiger partial charge on any atom is -0.347 e. The molecule has 1 atom stereocenters. The Hall–Kier alpha value is -1.36. The molecule has 2 aromatic rings. The number of benzene rings is 1. The van der Waals surface area contributed by atoms with Gasteiger partial charge in [0, 0.05) is 22.5 Å². The van der Waals surface area contributed by atoms with Crippen LogP contribution in [0.5, 0.6) is 0 Å². The van der Waals surface area contributed by atoms with E-state index in [2.05, 4.69) is 10.6 Å². The third kappa shape index (κ3) is 3.28. The number of carbonyl (C=O) groups excluding carboxylic acids is 1. The summed E-state index contributed by atoms with van der Waals surface area (Å²) in [6.07, 6.45) is 0.997. The van der Waals surface area contributed by atoms with Crippen LogP contribution in [0.1, 0.15) is 21.7 Å². The number of amides is 1. The highest BCUT2D eigenvalue weighted by atomic mass is 35.5. The Bertz CT molecular complexity index is 662. The van der Waals surface area contributed by atoms with Gasteiger partial charge in [-0.05, 0) is 49.2 Å². The SMILES string of the molecule is Cc1cc(C(=O)NC2CCNC2)sc1-c1cccc(Cl)c1. The topological polar surface area (TPSA) is 41.1 Å². The number of aryl methyl sites for hydroxylation is 1. The van der Waals surface area contributed by atoms with Crippen LogP contribution in [0, 0.1) is 6.92 Å². The first-order valence-corrected chi connectivity index (χ1v) is 8.21. The average Bonchev–Trinajstić information content (AvgIpc) is 3.08. The molecule has 0 bridgehead atoms. The standard InChI is InChI=1S/C16H17ClN2OS/c1-10-7-14(16(20)19-13-5-6-18-9-13)21-15(10)11-3-2-4-12(17)8-11/h2-4,7-8,13,18H,5-6,9H2,1H3,(H,19,20). The Balaban J connectivity index is 1.82. The molecule has 1 aliphatic rings. The van der Waals surface area contributed by atoms with Crippen LogP contribution in [0.25, 0.3) is 10.4 Å². The molecule has 2 heterocycles. The van der Waals surface area contributed by atoms with Gasteiger partial charge in [-0.3, -0.25) is 4.79 Å². The lowest BCUT2D eigenvalue weighted by atomic mass is 10.1. The van der Waals surface area contributed by atoms with E-state index in [1.807, 2.05) is 37.3 Å². The van der Waals surface area contributed by atoms with Crippen molar-refractivity contribution in [2.45, 2.75) is 19.4 Å². The highest BCUT2D eigenvalue weighted by Gasteiger charge is 2.19. The maximum atomic E-state index is 12.3. The summed E-state index contributed by atoms with van der Waals surface area (Å²) >= 11 is 7.57. The summed E-state index contributed by atoms with van der Waals surface area (Å²) in [5, 5.41) is 7.04. The van der Waals surface area contributed by atoms with Gasteiger partial charge < -0.3 is 10.6 Å². The molecule has 1 aliphatic heterocycles. The van der Waals surface area contributed by atoms with Gasteiger partial charge in [-0.25, -0.2) is 0 Å². The molecule has 1 amide bonds. The van der Waals surface area contributed by atoms with Crippen molar-refractivity contribution < 1.29 is 4.79 Å². The Morgan fingerprint density at radius 1 is 1.43 bits per heavy atom. The Morgan fingerprint density at radius 3 is 3.00 bits per heavy atom. The fraction of sp³-hybridized carbons (Fsp3) is 0.312. The molecule has 1 saturated heterocycles. The predicted molar refractivity (Wildman–Crippen MR) is 88.2 cm³/mol. The summed E-state index contributed by atoms with van der Waals surface area (Å²) in [6, 6.07) is 9.94. The van der Waals surface area contributed by atoms with Crippen LogP contribution < -0.4 is 10.6 Å². The van der Waals surface area contributed by atoms with Crippen LogP contribution in [-0.4, -0.2) is 25.0 Å². The van der Waals surface area contributed by atoms with E-state index in [0.29, 0.717) is 5.02 Å². The van der Waals surface area contributed by atoms with E-state index in [1.165, 1.54) is 11.3 Å². The molecule has 3 rings (SSSR count). The molecule has 0 aliphatic carbocycles. The Labute approximate surface area is 133 Å². The molecule has 0 radical (unpaired) electrons. The molecule has 1 unspecified atom stereocenters. The number of rotatable bonds is 3. The van der Waals surface area contributed by atoms with E-state index >= 15 is 0 Å². The summed E-state index contributed by atoms with van der Waals surface area (Å²) in [5.41, 5.74) is 2.17. The van der Waals surface area contributed by atoms with Crippen LogP contribution in [0.2, 0.25) is 5.02 Å². The minimum absolute atomic E-state index is 0.0186. The van der Waals surface area contributed by atoms with Crippen LogP contribution in [0.4, 0.5) is 0 Å². The number of hydrogen-bond acceptors (Lipinski definition) is 3. The summed E-state index contributed by atoms with van der Waals surface area (Å²) in [4.78, 5) is 14.2. The van der Waals surface area contributed by atoms with E-state index in [-0.39, 0.29) is 11.9 Å². The summed E-state index contributed by atoms with van der Waals surface area (Å²) < 4.78 is 0. The van der Waals surface area contributed by atoms with Gasteiger partial charge in [-0.1, -0.05) is 23.7 Å². The van der Waals surface area contributed by atoms with Crippen molar-refractivity contribution >= 4 is 28.8 Å². The molecular formula is C16H17ClN2OS. The van der Waals surface area contributed by atoms with Gasteiger partial charge in [0.25, 0.3) is 5.91 Å². The zero-order valence-corrected chi connectivity index (χ0v) is 13.4. The quantitative estimate of drug-likeness (QED) is 0.909. The lowest BCUT2D eigenvalue weighted by Gasteiger charge is -2.09. The van der Waals surface area contributed by atoms with Crippen LogP contribution in [0.15, 0.2) is 30.3 Å². The molecular weight excluding hydrogens is 304 g/mol. The van der Waals surface area contributed by atoms with Gasteiger partial charge in [0.1, 0.15) is 0 Å². The second kappa shape index (κ2) is 6.18. The molecule has 110 valence electrons. The van der Waals surface area contributed by atoms with Crippen molar-refractivity contribution in [1.29, 1.82) is 0 Å². The summed E-state index contributed by atoms with van der Waals surface area (Å²) in [5.74, 6) is 0.0186. The lowest BCUT2D eigenvalue weighted by Crippen LogP contribution is -2.35. The number of thiophene rings is 1. The van der Waals surface area contributed by atoms with Crippen LogP contribution in [0.3, 0.4) is 0 Å². The summed E-state index contributed by atoms with van der Waals surface area (Å²) in [7, 11) is 0. The van der Waals surface area contributed by atoms with Crippen LogP contribution >= 0.6 is 22.9 Å². The largest absolute Gasteiger partial charge is 0.347 e. The first-order valence-electron chi connectivity index (χ1n) is 7.01. The second-order valence-electron chi connectivity index (χ2n) is 5.30. The highest BCUT2D eigenvalue weighted by molar-refractivity contribution is 7.17. The normalized spacial score (nSPS) is 17.9. The van der Waals surface area contributed by atoms with E-state index in [9.17, 15) is 4.79 Å². The Kier molecular flexibility index (Phi) is 4.29. The van der Waals surface area contributed by atoms with Crippen molar-refractivity contribution in [3.8, 4) is 10.4 Å². The van der Waals surface area contributed by atoms with E-state index < -0.39 is 0 Å². The minimum atomic E-state index is 0.0186. The third-order valence-electron chi connectivity index (χ3n) is 3.62. The van der Waals surface area contributed by atoms with E-state index in [0.717, 1.165) is 40.4 Å². The number of halogens is 1. The Morgan fingerprint density at radius 2 is 2.29 bits per heavy atom. The molecule has 0 saturated carbocycles. The summed E-state index contributed by atoms with van der Waals surface area (Å²) in [6.45, 7) is 3.86. The highest BCUT2D eigenvalue weighted by Crippen LogP contribution is 2.33. The third-order valence-corrected chi connectivity index (χ3v) is 5.14. The molecule has 5 heteroatoms. The molecule has 1 aromatic carbocycles. The molecule has 2 N–H and O–H groups in total. The van der Waals surface area contributed by atoms with Crippen molar-refractivity contribution in [2.24, 2.45) is 0 Å². The van der Waals surface area contributed by atoms with Gasteiger partial charge in [-0.15, -0.1) is 11.3 Å². The molecule has 0 spiro atoms. The monoisotopic (exact) mass is 320 g/mol. The van der Waals surface area contributed by atoms with Gasteiger partial charge in [0.15, 0.2) is 0 Å². The van der Waals surface area contributed by atoms with E-state index in [4.69, 9.17) is 11.6 Å². The molecule has 1 aromatic heterocycles. The van der Waals surface area contributed by atoms with Crippen molar-refractivity contribution in [3.63, 3.8) is 0 Å². The van der Waals surface area contributed by atoms with Gasteiger partial charge in [-0.2, -0.15) is 0 Å². The molecule has 1 fully saturated rings. The maximum Gasteiger partial charge on any atom is 0.261 e. The fourth-order valence-corrected chi connectivity index (χ4v) is 3.81. The van der Waals surface area contributed by atoms with Gasteiger partial charge >= 0.3 is 0 Å². The molecule has 3 nitrogen and oxygen atoms in total. The maximum absolute atomic E-state index is 12.3. The number of nitrogens with one attached hydrogen (secondary N) is 2. The van der Waals surface area contributed by atoms with E-state index in [1.54, 1.807) is 0 Å². The van der Waals surface area contributed by atoms with Crippen molar-refractivity contribution in [1.82, 2.24) is 10.6 Å². The predicted octanol–water partition coefficient (Wildman–Crippen LogP) is 3.47. The zero-order valence-electron chi connectivity index (χ0n) is 11.8. The second-order valence-corrected chi connectivity index (χ2v) is 6.78. The lowest BCUT2D eigenvalue weighted by molar-refractivity contribution is 0.0944. The van der Waals surface area contributed by atoms with Crippen molar-refractivity contribution in [2.75, 3.05) is 13.1 Å². The number of carbonyl (C=O) groups is 1. The van der Waals surface area contributed by atoms with Crippen molar-refractivity contribution in [3.05, 3.63) is 45.8 Å². The van der Waals surface area contributed by atoms with Crippen LogP contribution in [-0.2, 0) is 0 Å². The average molecular weight is 321 g/mol. The van der Waals surface area contributed by atoms with Gasteiger partial charge in [0.05, 0.1) is 4.88 Å². The zero-order chi connectivity index (χ0) is 14.8. The fourth-order valence-electron chi connectivity index (χ4n) is 2.54.